The van der Waals surface area contributed by atoms with Crippen molar-refractivity contribution in [2.45, 2.75) is 43.8 Å². The number of nitrogens with two attached hydrogens (primary N) is 3. The number of nitrogens with zero attached hydrogens (tertiary/aromatic N) is 1. The molecule has 0 bridgehead atoms. The summed E-state index contributed by atoms with van der Waals surface area (Å²) in [5.74, 6) is -2.56. The van der Waals surface area contributed by atoms with Crippen LogP contribution >= 0.6 is 11.8 Å². The SMILES string of the molecule is CSCCC(N)C(=O)NC(Cc1ccc(O)cc1)C(=O)NC(CCCN=C(N)N)C(=O)NCC(=O)O. The molecule has 0 saturated heterocycles. The Labute approximate surface area is 213 Å². The molecule has 0 aromatic heterocycles. The summed E-state index contributed by atoms with van der Waals surface area (Å²) in [6.45, 7) is -0.435. The van der Waals surface area contributed by atoms with Crippen molar-refractivity contribution in [3.05, 3.63) is 29.8 Å². The largest absolute Gasteiger partial charge is 0.508 e. The highest BCUT2D eigenvalue weighted by Crippen LogP contribution is 2.12. The summed E-state index contributed by atoms with van der Waals surface area (Å²) in [4.78, 5) is 53.1. The van der Waals surface area contributed by atoms with Crippen molar-refractivity contribution in [3.8, 4) is 5.75 Å². The van der Waals surface area contributed by atoms with Crippen molar-refractivity contribution in [1.29, 1.82) is 0 Å². The molecule has 0 aliphatic heterocycles. The first-order chi connectivity index (χ1) is 17.0. The minimum absolute atomic E-state index is 0.0406. The zero-order valence-electron chi connectivity index (χ0n) is 20.1. The average molecular weight is 526 g/mol. The number of thioether (sulfide) groups is 1. The number of phenols is 1. The first kappa shape index (κ1) is 30.5. The minimum Gasteiger partial charge on any atom is -0.508 e. The highest BCUT2D eigenvalue weighted by Gasteiger charge is 2.28. The van der Waals surface area contributed by atoms with Crippen molar-refractivity contribution in [2.24, 2.45) is 22.2 Å². The van der Waals surface area contributed by atoms with E-state index in [1.807, 2.05) is 6.26 Å². The van der Waals surface area contributed by atoms with Gasteiger partial charge in [-0.15, -0.1) is 0 Å². The van der Waals surface area contributed by atoms with Crippen molar-refractivity contribution in [1.82, 2.24) is 16.0 Å². The van der Waals surface area contributed by atoms with Crippen LogP contribution in [-0.2, 0) is 25.6 Å². The molecule has 0 aliphatic rings. The molecule has 11 N–H and O–H groups in total. The maximum atomic E-state index is 13.2. The number of nitrogens with one attached hydrogen (secondary N) is 3. The summed E-state index contributed by atoms with van der Waals surface area (Å²) < 4.78 is 0. The average Bonchev–Trinajstić information content (AvgIpc) is 2.83. The van der Waals surface area contributed by atoms with Gasteiger partial charge in [0.25, 0.3) is 0 Å². The monoisotopic (exact) mass is 525 g/mol. The van der Waals surface area contributed by atoms with Gasteiger partial charge in [-0.1, -0.05) is 12.1 Å². The topological polar surface area (TPSA) is 235 Å². The number of carbonyl (C=O) groups excluding carboxylic acids is 3. The Morgan fingerprint density at radius 2 is 1.64 bits per heavy atom. The maximum Gasteiger partial charge on any atom is 0.322 e. The highest BCUT2D eigenvalue weighted by molar-refractivity contribution is 7.98. The van der Waals surface area contributed by atoms with Gasteiger partial charge in [0.1, 0.15) is 24.4 Å². The normalized spacial score (nSPS) is 13.1. The third-order valence-corrected chi connectivity index (χ3v) is 5.61. The maximum absolute atomic E-state index is 13.2. The first-order valence-electron chi connectivity index (χ1n) is 11.2. The van der Waals surface area contributed by atoms with Gasteiger partial charge in [0.15, 0.2) is 5.96 Å². The molecule has 0 aliphatic carbocycles. The number of carbonyl (C=O) groups is 4. The van der Waals surface area contributed by atoms with E-state index in [0.29, 0.717) is 24.2 Å². The van der Waals surface area contributed by atoms with E-state index in [2.05, 4.69) is 20.9 Å². The lowest BCUT2D eigenvalue weighted by Gasteiger charge is -2.24. The quantitative estimate of drug-likeness (QED) is 0.0687. The van der Waals surface area contributed by atoms with E-state index in [1.165, 1.54) is 23.9 Å². The van der Waals surface area contributed by atoms with Gasteiger partial charge in [0.05, 0.1) is 6.04 Å². The molecule has 0 saturated carbocycles. The van der Waals surface area contributed by atoms with E-state index in [4.69, 9.17) is 22.3 Å². The van der Waals surface area contributed by atoms with Gasteiger partial charge in [-0.05, 0) is 49.0 Å². The van der Waals surface area contributed by atoms with Gasteiger partial charge < -0.3 is 43.4 Å². The van der Waals surface area contributed by atoms with Gasteiger partial charge in [-0.25, -0.2) is 0 Å². The molecule has 1 aromatic rings. The summed E-state index contributed by atoms with van der Waals surface area (Å²) >= 11 is 1.53. The minimum atomic E-state index is -1.24. The zero-order chi connectivity index (χ0) is 27.1. The number of hydrogen-bond acceptors (Lipinski definition) is 8. The molecule has 200 valence electrons. The molecule has 0 fully saturated rings. The number of carboxylic acid groups (broad SMARTS) is 1. The number of benzene rings is 1. The molecule has 14 heteroatoms. The lowest BCUT2D eigenvalue weighted by Crippen LogP contribution is -2.56. The molecular formula is C22H35N7O6S. The predicted octanol–water partition coefficient (Wildman–Crippen LogP) is -1.76. The number of rotatable bonds is 16. The van der Waals surface area contributed by atoms with Crippen molar-refractivity contribution >= 4 is 41.4 Å². The fourth-order valence-electron chi connectivity index (χ4n) is 3.06. The van der Waals surface area contributed by atoms with E-state index in [9.17, 15) is 24.3 Å². The summed E-state index contributed by atoms with van der Waals surface area (Å²) in [5, 5.41) is 25.8. The Morgan fingerprint density at radius 1 is 1.00 bits per heavy atom. The number of aliphatic carboxylic acids is 1. The van der Waals surface area contributed by atoms with Crippen LogP contribution in [0.25, 0.3) is 0 Å². The molecule has 3 amide bonds. The molecule has 0 spiro atoms. The second-order valence-corrected chi connectivity index (χ2v) is 8.93. The Morgan fingerprint density at radius 3 is 2.22 bits per heavy atom. The standard InChI is InChI=1S/C22H35N7O6S/c1-36-10-8-15(23)19(33)29-17(11-13-4-6-14(30)7-5-13)21(35)28-16(3-2-9-26-22(24)25)20(34)27-12-18(31)32/h4-7,15-17,30H,2-3,8-12,23H2,1H3,(H,27,34)(H,28,35)(H,29,33)(H,31,32)(H4,24,25,26). The molecule has 3 unspecified atom stereocenters. The number of guanidine groups is 1. The number of hydrogen-bond donors (Lipinski definition) is 8. The number of amides is 3. The molecule has 3 atom stereocenters. The van der Waals surface area contributed by atoms with Gasteiger partial charge in [0.2, 0.25) is 17.7 Å². The van der Waals surface area contributed by atoms with Gasteiger partial charge in [0, 0.05) is 13.0 Å². The van der Waals surface area contributed by atoms with Crippen LogP contribution in [0.4, 0.5) is 0 Å². The smallest absolute Gasteiger partial charge is 0.322 e. The van der Waals surface area contributed by atoms with Crippen LogP contribution in [0.15, 0.2) is 29.3 Å². The van der Waals surface area contributed by atoms with E-state index in [1.54, 1.807) is 12.1 Å². The summed E-state index contributed by atoms with van der Waals surface area (Å²) in [6, 6.07) is 3.07. The Hall–Kier alpha value is -3.52. The third-order valence-electron chi connectivity index (χ3n) is 4.97. The second kappa shape index (κ2) is 16.2. The molecule has 36 heavy (non-hydrogen) atoms. The lowest BCUT2D eigenvalue weighted by molar-refractivity contribution is -0.138. The first-order valence-corrected chi connectivity index (χ1v) is 12.6. The number of phenolic OH excluding ortho intramolecular Hbond substituents is 1. The van der Waals surface area contributed by atoms with E-state index < -0.39 is 48.4 Å². The zero-order valence-corrected chi connectivity index (χ0v) is 20.9. The third kappa shape index (κ3) is 12.3. The van der Waals surface area contributed by atoms with Crippen LogP contribution in [0.3, 0.4) is 0 Å². The van der Waals surface area contributed by atoms with Gasteiger partial charge >= 0.3 is 5.97 Å². The molecule has 1 aromatic carbocycles. The van der Waals surface area contributed by atoms with Gasteiger partial charge in [-0.3, -0.25) is 24.2 Å². The fraction of sp³-hybridized carbons (Fsp3) is 0.500. The van der Waals surface area contributed by atoms with E-state index in [-0.39, 0.29) is 31.1 Å². The fourth-order valence-corrected chi connectivity index (χ4v) is 3.55. The molecule has 1 rings (SSSR count). The highest BCUT2D eigenvalue weighted by atomic mass is 32.2. The Balaban J connectivity index is 3.04. The van der Waals surface area contributed by atoms with Crippen LogP contribution in [0.1, 0.15) is 24.8 Å². The summed E-state index contributed by atoms with van der Waals surface area (Å²) in [5.41, 5.74) is 17.2. The summed E-state index contributed by atoms with van der Waals surface area (Å²) in [6.07, 6.45) is 2.78. The van der Waals surface area contributed by atoms with Crippen LogP contribution in [0.2, 0.25) is 0 Å². The summed E-state index contributed by atoms with van der Waals surface area (Å²) in [7, 11) is 0. The van der Waals surface area contributed by atoms with Crippen molar-refractivity contribution in [3.63, 3.8) is 0 Å². The van der Waals surface area contributed by atoms with Crippen LogP contribution in [0, 0.1) is 0 Å². The molecule has 0 radical (unpaired) electrons. The van der Waals surface area contributed by atoms with Crippen molar-refractivity contribution < 1.29 is 29.4 Å². The second-order valence-electron chi connectivity index (χ2n) is 7.94. The van der Waals surface area contributed by atoms with E-state index >= 15 is 0 Å². The predicted molar refractivity (Wildman–Crippen MR) is 137 cm³/mol. The molecule has 13 nitrogen and oxygen atoms in total. The van der Waals surface area contributed by atoms with Crippen LogP contribution in [0.5, 0.6) is 5.75 Å². The molecular weight excluding hydrogens is 490 g/mol. The number of aromatic hydroxyl groups is 1. The Bertz CT molecular complexity index is 909. The molecule has 0 heterocycles. The van der Waals surface area contributed by atoms with Crippen LogP contribution in [-0.4, -0.2) is 83.1 Å². The number of aliphatic imine (C=N–C) groups is 1. The Kier molecular flexibility index (Phi) is 13.7. The van der Waals surface area contributed by atoms with Crippen molar-refractivity contribution in [2.75, 3.05) is 25.1 Å². The lowest BCUT2D eigenvalue weighted by atomic mass is 10.0. The van der Waals surface area contributed by atoms with Gasteiger partial charge in [-0.2, -0.15) is 11.8 Å². The van der Waals surface area contributed by atoms with E-state index in [0.717, 1.165) is 0 Å². The van der Waals surface area contributed by atoms with Crippen LogP contribution < -0.4 is 33.2 Å². The number of carboxylic acids is 1.